The fourth-order valence-corrected chi connectivity index (χ4v) is 2.71. The number of aromatic nitrogens is 2. The van der Waals surface area contributed by atoms with Gasteiger partial charge >= 0.3 is 0 Å². The largest absolute Gasteiger partial charge is 0.493 e. The molecule has 0 saturated heterocycles. The van der Waals surface area contributed by atoms with E-state index >= 15 is 0 Å². The molecule has 0 aliphatic rings. The summed E-state index contributed by atoms with van der Waals surface area (Å²) in [6.45, 7) is 4.86. The van der Waals surface area contributed by atoms with Gasteiger partial charge in [0.1, 0.15) is 5.69 Å². The number of hydrogen-bond donors (Lipinski definition) is 1. The number of aryl methyl sites for hydroxylation is 2. The molecule has 1 unspecified atom stereocenters. The van der Waals surface area contributed by atoms with Crippen LogP contribution in [0.25, 0.3) is 0 Å². The van der Waals surface area contributed by atoms with E-state index < -0.39 is 0 Å². The average Bonchev–Trinajstić information content (AvgIpc) is 2.80. The summed E-state index contributed by atoms with van der Waals surface area (Å²) in [5.74, 6) is 0.733. The lowest BCUT2D eigenvalue weighted by atomic mass is 9.99. The summed E-state index contributed by atoms with van der Waals surface area (Å²) in [6.07, 6.45) is 1.72. The zero-order valence-corrected chi connectivity index (χ0v) is 12.9. The van der Waals surface area contributed by atoms with Crippen LogP contribution in [-0.4, -0.2) is 16.9 Å². The van der Waals surface area contributed by atoms with Gasteiger partial charge in [-0.05, 0) is 37.1 Å². The van der Waals surface area contributed by atoms with E-state index in [1.165, 1.54) is 0 Å². The molecule has 2 aromatic rings. The molecule has 2 rings (SSSR count). The van der Waals surface area contributed by atoms with Gasteiger partial charge in [-0.3, -0.25) is 4.68 Å². The normalized spacial score (nSPS) is 12.5. The second-order valence-electron chi connectivity index (χ2n) is 4.39. The quantitative estimate of drug-likeness (QED) is 0.940. The Balaban J connectivity index is 2.48. The molecule has 1 aromatic heterocycles. The first kappa shape index (κ1) is 14.1. The highest BCUT2D eigenvalue weighted by Gasteiger charge is 2.21. The molecule has 0 saturated carbocycles. The van der Waals surface area contributed by atoms with E-state index in [2.05, 4.69) is 34.0 Å². The van der Waals surface area contributed by atoms with Crippen molar-refractivity contribution < 1.29 is 4.74 Å². The van der Waals surface area contributed by atoms with E-state index in [1.807, 2.05) is 23.7 Å². The van der Waals surface area contributed by atoms with Crippen LogP contribution in [0.3, 0.4) is 0 Å². The molecule has 0 amide bonds. The van der Waals surface area contributed by atoms with Crippen molar-refractivity contribution >= 4 is 15.9 Å². The lowest BCUT2D eigenvalue weighted by molar-refractivity contribution is 0.404. The van der Waals surface area contributed by atoms with Crippen molar-refractivity contribution in [1.29, 1.82) is 0 Å². The molecule has 4 nitrogen and oxygen atoms in total. The van der Waals surface area contributed by atoms with Gasteiger partial charge in [0, 0.05) is 11.0 Å². The van der Waals surface area contributed by atoms with Crippen molar-refractivity contribution in [2.75, 3.05) is 7.11 Å². The van der Waals surface area contributed by atoms with Gasteiger partial charge in [0.2, 0.25) is 0 Å². The predicted molar refractivity (Wildman–Crippen MR) is 79.4 cm³/mol. The standard InChI is InChI=1S/C14H18BrN3O/c1-4-18-14(12(19-3)8-17-18)13(16)11-6-5-10(15)7-9(11)2/h5-8,13H,4,16H2,1-3H3. The first-order valence-corrected chi connectivity index (χ1v) is 6.99. The first-order chi connectivity index (χ1) is 9.08. The van der Waals surface area contributed by atoms with Crippen LogP contribution in [0.4, 0.5) is 0 Å². The molecule has 0 aliphatic heterocycles. The molecule has 0 radical (unpaired) electrons. The summed E-state index contributed by atoms with van der Waals surface area (Å²) in [4.78, 5) is 0. The summed E-state index contributed by atoms with van der Waals surface area (Å²) in [6, 6.07) is 5.86. The van der Waals surface area contributed by atoms with Crippen molar-refractivity contribution in [3.63, 3.8) is 0 Å². The number of halogens is 1. The molecule has 1 heterocycles. The molecule has 5 heteroatoms. The van der Waals surface area contributed by atoms with E-state index in [9.17, 15) is 0 Å². The Kier molecular flexibility index (Phi) is 4.27. The molecule has 0 aliphatic carbocycles. The smallest absolute Gasteiger partial charge is 0.161 e. The van der Waals surface area contributed by atoms with Gasteiger partial charge in [0.05, 0.1) is 19.3 Å². The molecule has 0 fully saturated rings. The highest BCUT2D eigenvalue weighted by molar-refractivity contribution is 9.10. The number of nitrogens with two attached hydrogens (primary N) is 1. The minimum absolute atomic E-state index is 0.245. The fraction of sp³-hybridized carbons (Fsp3) is 0.357. The fourth-order valence-electron chi connectivity index (χ4n) is 2.24. The minimum atomic E-state index is -0.245. The Labute approximate surface area is 121 Å². The van der Waals surface area contributed by atoms with Gasteiger partial charge < -0.3 is 10.5 Å². The highest BCUT2D eigenvalue weighted by Crippen LogP contribution is 2.30. The Morgan fingerprint density at radius 3 is 2.79 bits per heavy atom. The molecule has 19 heavy (non-hydrogen) atoms. The third-order valence-electron chi connectivity index (χ3n) is 3.23. The topological polar surface area (TPSA) is 53.1 Å². The van der Waals surface area contributed by atoms with Crippen LogP contribution < -0.4 is 10.5 Å². The predicted octanol–water partition coefficient (Wildman–Crippen LogP) is 3.03. The number of methoxy groups -OCH3 is 1. The number of ether oxygens (including phenoxy) is 1. The summed E-state index contributed by atoms with van der Waals surface area (Å²) >= 11 is 3.47. The van der Waals surface area contributed by atoms with Crippen molar-refractivity contribution in [3.8, 4) is 5.75 Å². The second kappa shape index (κ2) is 5.75. The number of benzene rings is 1. The van der Waals surface area contributed by atoms with Crippen LogP contribution in [0.15, 0.2) is 28.9 Å². The zero-order valence-electron chi connectivity index (χ0n) is 11.4. The molecule has 1 aromatic carbocycles. The van der Waals surface area contributed by atoms with E-state index in [1.54, 1.807) is 13.3 Å². The maximum absolute atomic E-state index is 6.41. The summed E-state index contributed by atoms with van der Waals surface area (Å²) < 4.78 is 8.29. The summed E-state index contributed by atoms with van der Waals surface area (Å²) in [7, 11) is 1.64. The number of rotatable bonds is 4. The van der Waals surface area contributed by atoms with Gasteiger partial charge in [-0.15, -0.1) is 0 Å². The monoisotopic (exact) mass is 323 g/mol. The van der Waals surface area contributed by atoms with Crippen molar-refractivity contribution in [3.05, 3.63) is 45.7 Å². The Hall–Kier alpha value is -1.33. The van der Waals surface area contributed by atoms with Crippen LogP contribution in [-0.2, 0) is 6.54 Å². The van der Waals surface area contributed by atoms with Gasteiger partial charge in [0.15, 0.2) is 5.75 Å². The molecule has 2 N–H and O–H groups in total. The average molecular weight is 324 g/mol. The lowest BCUT2D eigenvalue weighted by Gasteiger charge is -2.17. The van der Waals surface area contributed by atoms with Gasteiger partial charge in [-0.2, -0.15) is 5.10 Å². The van der Waals surface area contributed by atoms with Gasteiger partial charge in [-0.1, -0.05) is 22.0 Å². The number of nitrogens with zero attached hydrogens (tertiary/aromatic N) is 2. The Morgan fingerprint density at radius 2 is 2.21 bits per heavy atom. The third kappa shape index (κ3) is 2.67. The SMILES string of the molecule is CCn1ncc(OC)c1C(N)c1ccc(Br)cc1C. The van der Waals surface area contributed by atoms with E-state index in [0.29, 0.717) is 0 Å². The first-order valence-electron chi connectivity index (χ1n) is 6.19. The Morgan fingerprint density at radius 1 is 1.47 bits per heavy atom. The van der Waals surface area contributed by atoms with Crippen molar-refractivity contribution in [2.45, 2.75) is 26.4 Å². The van der Waals surface area contributed by atoms with Crippen LogP contribution in [0.5, 0.6) is 5.75 Å². The van der Waals surface area contributed by atoms with Crippen molar-refractivity contribution in [2.24, 2.45) is 5.73 Å². The molecular formula is C14H18BrN3O. The van der Waals surface area contributed by atoms with Gasteiger partial charge in [-0.25, -0.2) is 0 Å². The second-order valence-corrected chi connectivity index (χ2v) is 5.31. The summed E-state index contributed by atoms with van der Waals surface area (Å²) in [5, 5.41) is 4.30. The van der Waals surface area contributed by atoms with E-state index in [0.717, 1.165) is 33.6 Å². The molecule has 0 spiro atoms. The maximum Gasteiger partial charge on any atom is 0.161 e. The Bertz CT molecular complexity index is 559. The lowest BCUT2D eigenvalue weighted by Crippen LogP contribution is -2.19. The van der Waals surface area contributed by atoms with Crippen LogP contribution in [0.1, 0.15) is 29.8 Å². The minimum Gasteiger partial charge on any atom is -0.493 e. The number of hydrogen-bond acceptors (Lipinski definition) is 3. The highest BCUT2D eigenvalue weighted by atomic mass is 79.9. The molecule has 102 valence electrons. The zero-order chi connectivity index (χ0) is 14.0. The molecular weight excluding hydrogens is 306 g/mol. The van der Waals surface area contributed by atoms with Crippen LogP contribution in [0.2, 0.25) is 0 Å². The van der Waals surface area contributed by atoms with Gasteiger partial charge in [0.25, 0.3) is 0 Å². The van der Waals surface area contributed by atoms with Crippen LogP contribution in [0, 0.1) is 6.92 Å². The molecule has 0 bridgehead atoms. The van der Waals surface area contributed by atoms with Crippen LogP contribution >= 0.6 is 15.9 Å². The van der Waals surface area contributed by atoms with E-state index in [4.69, 9.17) is 10.5 Å². The van der Waals surface area contributed by atoms with E-state index in [-0.39, 0.29) is 6.04 Å². The van der Waals surface area contributed by atoms with Crippen molar-refractivity contribution in [1.82, 2.24) is 9.78 Å². The molecule has 1 atom stereocenters. The maximum atomic E-state index is 6.41. The summed E-state index contributed by atoms with van der Waals surface area (Å²) in [5.41, 5.74) is 9.55. The third-order valence-corrected chi connectivity index (χ3v) is 3.72.